The Morgan fingerprint density at radius 3 is 2.33 bits per heavy atom. The van der Waals surface area contributed by atoms with Crippen molar-refractivity contribution in [2.75, 3.05) is 19.6 Å². The summed E-state index contributed by atoms with van der Waals surface area (Å²) in [5.74, 6) is -0.687. The molecule has 2 aliphatic rings. The van der Waals surface area contributed by atoms with E-state index in [0.717, 1.165) is 19.1 Å². The molecule has 0 aromatic carbocycles. The number of aliphatic carboxylic acids is 1. The number of piperidine rings is 1. The Hall–Kier alpha value is -0.610. The van der Waals surface area contributed by atoms with Gasteiger partial charge in [-0.25, -0.2) is 0 Å². The molecule has 0 amide bonds. The first kappa shape index (κ1) is 10.9. The van der Waals surface area contributed by atoms with Gasteiger partial charge in [0.25, 0.3) is 0 Å². The van der Waals surface area contributed by atoms with E-state index in [9.17, 15) is 4.79 Å². The van der Waals surface area contributed by atoms with Gasteiger partial charge in [0.15, 0.2) is 0 Å². The van der Waals surface area contributed by atoms with Gasteiger partial charge in [0.2, 0.25) is 0 Å². The fourth-order valence-electron chi connectivity index (χ4n) is 2.16. The van der Waals surface area contributed by atoms with Crippen LogP contribution >= 0.6 is 0 Å². The van der Waals surface area contributed by atoms with Gasteiger partial charge < -0.3 is 15.3 Å². The van der Waals surface area contributed by atoms with Crippen LogP contribution in [0.4, 0.5) is 0 Å². The zero-order chi connectivity index (χ0) is 10.7. The molecule has 0 aromatic heterocycles. The molecule has 4 heteroatoms. The van der Waals surface area contributed by atoms with Crippen molar-refractivity contribution in [1.29, 1.82) is 0 Å². The number of likely N-dealkylation sites (tertiary alicyclic amines) is 1. The molecular weight excluding hydrogens is 192 g/mol. The van der Waals surface area contributed by atoms with Crippen molar-refractivity contribution >= 4 is 5.97 Å². The minimum atomic E-state index is -0.687. The highest BCUT2D eigenvalue weighted by Gasteiger charge is 2.26. The van der Waals surface area contributed by atoms with Crippen LogP contribution < -0.4 is 5.32 Å². The van der Waals surface area contributed by atoms with Crippen molar-refractivity contribution in [2.24, 2.45) is 0 Å². The Morgan fingerprint density at radius 2 is 1.80 bits per heavy atom. The van der Waals surface area contributed by atoms with Crippen LogP contribution in [0.1, 0.15) is 32.1 Å². The minimum Gasteiger partial charge on any atom is -0.481 e. The lowest BCUT2D eigenvalue weighted by Gasteiger charge is -2.32. The first-order valence-corrected chi connectivity index (χ1v) is 5.94. The predicted molar refractivity (Wildman–Crippen MR) is 57.9 cm³/mol. The molecule has 1 aliphatic heterocycles. The minimum absolute atomic E-state index is 0.278. The van der Waals surface area contributed by atoms with Crippen molar-refractivity contribution in [2.45, 2.75) is 44.2 Å². The third-order valence-electron chi connectivity index (χ3n) is 3.28. The highest BCUT2D eigenvalue weighted by Crippen LogP contribution is 2.22. The first-order chi connectivity index (χ1) is 7.24. The standard InChI is InChI=1S/C11H20N2O2/c14-11(15)5-8-13-6-3-10(4-7-13)12-9-1-2-9/h9-10,12H,1-8H2,(H,14,15). The van der Waals surface area contributed by atoms with Crippen LogP contribution in [0.25, 0.3) is 0 Å². The van der Waals surface area contributed by atoms with Gasteiger partial charge in [-0.1, -0.05) is 0 Å². The van der Waals surface area contributed by atoms with Crippen molar-refractivity contribution < 1.29 is 9.90 Å². The van der Waals surface area contributed by atoms with Gasteiger partial charge in [-0.3, -0.25) is 4.79 Å². The zero-order valence-corrected chi connectivity index (χ0v) is 9.11. The van der Waals surface area contributed by atoms with Crippen LogP contribution in [0.2, 0.25) is 0 Å². The normalized spacial score (nSPS) is 24.3. The van der Waals surface area contributed by atoms with E-state index in [1.165, 1.54) is 25.7 Å². The number of hydrogen-bond acceptors (Lipinski definition) is 3. The van der Waals surface area contributed by atoms with Gasteiger partial charge >= 0.3 is 5.97 Å². The van der Waals surface area contributed by atoms with Gasteiger partial charge in [-0.2, -0.15) is 0 Å². The summed E-state index contributed by atoms with van der Waals surface area (Å²) in [4.78, 5) is 12.7. The molecule has 2 N–H and O–H groups in total. The number of nitrogens with zero attached hydrogens (tertiary/aromatic N) is 1. The van der Waals surface area contributed by atoms with E-state index in [1.54, 1.807) is 0 Å². The summed E-state index contributed by atoms with van der Waals surface area (Å²) in [6, 6.07) is 1.47. The second-order valence-corrected chi connectivity index (χ2v) is 4.70. The van der Waals surface area contributed by atoms with Gasteiger partial charge in [-0.05, 0) is 38.8 Å². The SMILES string of the molecule is O=C(O)CCN1CCC(NC2CC2)CC1. The maximum Gasteiger partial charge on any atom is 0.304 e. The second-order valence-electron chi connectivity index (χ2n) is 4.70. The molecule has 2 fully saturated rings. The van der Waals surface area contributed by atoms with E-state index < -0.39 is 5.97 Å². The average molecular weight is 212 g/mol. The number of nitrogens with one attached hydrogen (secondary N) is 1. The van der Waals surface area contributed by atoms with E-state index >= 15 is 0 Å². The fourth-order valence-corrected chi connectivity index (χ4v) is 2.16. The Kier molecular flexibility index (Phi) is 3.59. The van der Waals surface area contributed by atoms with Gasteiger partial charge in [0.1, 0.15) is 0 Å². The summed E-state index contributed by atoms with van der Waals surface area (Å²) in [6.07, 6.45) is 5.32. The van der Waals surface area contributed by atoms with Gasteiger partial charge in [0, 0.05) is 18.6 Å². The zero-order valence-electron chi connectivity index (χ0n) is 9.11. The first-order valence-electron chi connectivity index (χ1n) is 5.94. The second kappa shape index (κ2) is 4.94. The molecule has 15 heavy (non-hydrogen) atoms. The molecule has 0 atom stereocenters. The quantitative estimate of drug-likeness (QED) is 0.703. The van der Waals surface area contributed by atoms with Crippen LogP contribution in [0.3, 0.4) is 0 Å². The molecular formula is C11H20N2O2. The molecule has 0 spiro atoms. The Morgan fingerprint density at radius 1 is 1.20 bits per heavy atom. The maximum atomic E-state index is 10.4. The topological polar surface area (TPSA) is 52.6 Å². The predicted octanol–water partition coefficient (Wildman–Crippen LogP) is 0.677. The molecule has 0 aromatic rings. The largest absolute Gasteiger partial charge is 0.481 e. The van der Waals surface area contributed by atoms with Crippen molar-refractivity contribution in [3.8, 4) is 0 Å². The maximum absolute atomic E-state index is 10.4. The Bertz CT molecular complexity index is 221. The van der Waals surface area contributed by atoms with Gasteiger partial charge in [0.05, 0.1) is 6.42 Å². The lowest BCUT2D eigenvalue weighted by Crippen LogP contribution is -2.43. The van der Waals surface area contributed by atoms with E-state index in [1.807, 2.05) is 0 Å². The fraction of sp³-hybridized carbons (Fsp3) is 0.909. The summed E-state index contributed by atoms with van der Waals surface area (Å²) >= 11 is 0. The molecule has 4 nitrogen and oxygen atoms in total. The molecule has 1 saturated heterocycles. The lowest BCUT2D eigenvalue weighted by atomic mass is 10.0. The van der Waals surface area contributed by atoms with Crippen LogP contribution in [-0.4, -0.2) is 47.7 Å². The van der Waals surface area contributed by atoms with Crippen LogP contribution in [0.15, 0.2) is 0 Å². The highest BCUT2D eigenvalue weighted by atomic mass is 16.4. The van der Waals surface area contributed by atoms with Crippen molar-refractivity contribution in [1.82, 2.24) is 10.2 Å². The number of carbonyl (C=O) groups is 1. The summed E-state index contributed by atoms with van der Waals surface area (Å²) in [5, 5.41) is 12.2. The number of carboxylic acids is 1. The number of rotatable bonds is 5. The van der Waals surface area contributed by atoms with Crippen LogP contribution in [0.5, 0.6) is 0 Å². The molecule has 0 radical (unpaired) electrons. The molecule has 86 valence electrons. The number of hydrogen-bond donors (Lipinski definition) is 2. The summed E-state index contributed by atoms with van der Waals surface area (Å²) < 4.78 is 0. The lowest BCUT2D eigenvalue weighted by molar-refractivity contribution is -0.137. The van der Waals surface area contributed by atoms with Crippen molar-refractivity contribution in [3.63, 3.8) is 0 Å². The molecule has 1 saturated carbocycles. The van der Waals surface area contributed by atoms with Crippen LogP contribution in [0, 0.1) is 0 Å². The van der Waals surface area contributed by atoms with Crippen molar-refractivity contribution in [3.05, 3.63) is 0 Å². The third kappa shape index (κ3) is 3.80. The molecule has 0 unspecified atom stereocenters. The molecule has 2 rings (SSSR count). The van der Waals surface area contributed by atoms with Gasteiger partial charge in [-0.15, -0.1) is 0 Å². The molecule has 1 heterocycles. The van der Waals surface area contributed by atoms with E-state index in [4.69, 9.17) is 5.11 Å². The van der Waals surface area contributed by atoms with Crippen LogP contribution in [-0.2, 0) is 4.79 Å². The van der Waals surface area contributed by atoms with E-state index in [0.29, 0.717) is 12.6 Å². The Labute approximate surface area is 90.6 Å². The smallest absolute Gasteiger partial charge is 0.304 e. The number of carboxylic acid groups (broad SMARTS) is 1. The van der Waals surface area contributed by atoms with E-state index in [2.05, 4.69) is 10.2 Å². The summed E-state index contributed by atoms with van der Waals surface area (Å²) in [5.41, 5.74) is 0. The highest BCUT2D eigenvalue weighted by molar-refractivity contribution is 5.66. The monoisotopic (exact) mass is 212 g/mol. The Balaban J connectivity index is 1.60. The third-order valence-corrected chi connectivity index (χ3v) is 3.28. The summed E-state index contributed by atoms with van der Waals surface area (Å²) in [6.45, 7) is 2.82. The molecule has 0 bridgehead atoms. The average Bonchev–Trinajstić information content (AvgIpc) is 3.01. The van der Waals surface area contributed by atoms with E-state index in [-0.39, 0.29) is 6.42 Å². The summed E-state index contributed by atoms with van der Waals surface area (Å²) in [7, 11) is 0. The molecule has 1 aliphatic carbocycles.